The number of benzene rings is 2. The maximum Gasteiger partial charge on any atom is 0.313 e. The second-order valence-electron chi connectivity index (χ2n) is 8.48. The number of ketones is 1. The van der Waals surface area contributed by atoms with Crippen LogP contribution in [0.5, 0.6) is 5.75 Å². The minimum absolute atomic E-state index is 0.0240. The second kappa shape index (κ2) is 14.3. The van der Waals surface area contributed by atoms with Gasteiger partial charge >= 0.3 is 5.97 Å². The number of Topliss-reactive ketones (excluding diaryl/α,β-unsaturated/α-hetero) is 1. The number of aliphatic hydroxyl groups excluding tert-OH is 2. The lowest BCUT2D eigenvalue weighted by atomic mass is 10.0. The minimum Gasteiger partial charge on any atom is -0.489 e. The molecule has 188 valence electrons. The first-order valence-corrected chi connectivity index (χ1v) is 13.9. The van der Waals surface area contributed by atoms with E-state index in [4.69, 9.17) is 9.84 Å². The normalized spacial score (nSPS) is 20.9. The summed E-state index contributed by atoms with van der Waals surface area (Å²) < 4.78 is 5.80. The molecule has 8 heteroatoms. The number of aliphatic hydroxyl groups is 2. The topological polar surface area (TPSA) is 104 Å². The van der Waals surface area contributed by atoms with Crippen LogP contribution in [-0.2, 0) is 22.6 Å². The van der Waals surface area contributed by atoms with Crippen LogP contribution in [0.2, 0.25) is 0 Å². The molecule has 3 unspecified atom stereocenters. The van der Waals surface area contributed by atoms with Crippen LogP contribution in [0.15, 0.2) is 66.7 Å². The summed E-state index contributed by atoms with van der Waals surface area (Å²) in [5, 5.41) is 29.3. The van der Waals surface area contributed by atoms with Crippen molar-refractivity contribution >= 4 is 35.3 Å². The number of ether oxygens (including phenoxy) is 1. The van der Waals surface area contributed by atoms with Gasteiger partial charge in [-0.05, 0) is 41.2 Å². The van der Waals surface area contributed by atoms with E-state index in [1.54, 1.807) is 12.2 Å². The van der Waals surface area contributed by atoms with Crippen LogP contribution in [-0.4, -0.2) is 61.8 Å². The number of carbonyl (C=O) groups is 2. The molecule has 0 aromatic heterocycles. The van der Waals surface area contributed by atoms with E-state index in [9.17, 15) is 19.8 Å². The van der Waals surface area contributed by atoms with E-state index in [1.165, 1.54) is 23.5 Å². The van der Waals surface area contributed by atoms with Crippen molar-refractivity contribution in [1.82, 2.24) is 0 Å². The molecule has 3 rings (SSSR count). The quantitative estimate of drug-likeness (QED) is 0.256. The van der Waals surface area contributed by atoms with Crippen LogP contribution >= 0.6 is 23.5 Å². The van der Waals surface area contributed by atoms with Gasteiger partial charge in [0.1, 0.15) is 18.1 Å². The molecule has 0 spiro atoms. The molecule has 6 nitrogen and oxygen atoms in total. The van der Waals surface area contributed by atoms with Crippen LogP contribution in [0.1, 0.15) is 24.0 Å². The zero-order valence-electron chi connectivity index (χ0n) is 19.5. The fourth-order valence-electron chi connectivity index (χ4n) is 3.93. The van der Waals surface area contributed by atoms with E-state index in [0.29, 0.717) is 13.0 Å². The van der Waals surface area contributed by atoms with E-state index >= 15 is 0 Å². The number of para-hydroxylation sites is 1. The van der Waals surface area contributed by atoms with Crippen LogP contribution in [0.3, 0.4) is 0 Å². The zero-order chi connectivity index (χ0) is 25.0. The van der Waals surface area contributed by atoms with E-state index in [0.717, 1.165) is 34.8 Å². The summed E-state index contributed by atoms with van der Waals surface area (Å²) in [5.41, 5.74) is 1.99. The molecule has 0 saturated heterocycles. The molecule has 4 atom stereocenters. The van der Waals surface area contributed by atoms with Crippen molar-refractivity contribution in [3.05, 3.63) is 77.9 Å². The molecule has 0 bridgehead atoms. The van der Waals surface area contributed by atoms with Crippen molar-refractivity contribution in [2.24, 2.45) is 5.92 Å². The molecular formula is C27H32O6S2. The summed E-state index contributed by atoms with van der Waals surface area (Å²) in [6, 6.07) is 17.5. The van der Waals surface area contributed by atoms with Gasteiger partial charge in [0.05, 0.1) is 23.2 Å². The molecule has 0 radical (unpaired) electrons. The van der Waals surface area contributed by atoms with Gasteiger partial charge in [0.2, 0.25) is 0 Å². The fraction of sp³-hybridized carbons (Fsp3) is 0.407. The van der Waals surface area contributed by atoms with Gasteiger partial charge in [0.15, 0.2) is 0 Å². The van der Waals surface area contributed by atoms with Crippen molar-refractivity contribution in [3.63, 3.8) is 0 Å². The monoisotopic (exact) mass is 516 g/mol. The average molecular weight is 517 g/mol. The van der Waals surface area contributed by atoms with Crippen LogP contribution in [0.25, 0.3) is 0 Å². The Balaban J connectivity index is 1.48. The van der Waals surface area contributed by atoms with E-state index < -0.39 is 18.2 Å². The van der Waals surface area contributed by atoms with Crippen molar-refractivity contribution < 1.29 is 29.6 Å². The number of hydrogen-bond acceptors (Lipinski definition) is 7. The lowest BCUT2D eigenvalue weighted by Crippen LogP contribution is -2.22. The fourth-order valence-corrected chi connectivity index (χ4v) is 6.13. The van der Waals surface area contributed by atoms with Gasteiger partial charge in [-0.1, -0.05) is 54.6 Å². The molecule has 1 aliphatic rings. The highest BCUT2D eigenvalue weighted by Gasteiger charge is 2.40. The summed E-state index contributed by atoms with van der Waals surface area (Å²) in [6.07, 6.45) is 3.32. The number of carboxylic acid groups (broad SMARTS) is 1. The first-order valence-electron chi connectivity index (χ1n) is 11.7. The maximum absolute atomic E-state index is 12.4. The lowest BCUT2D eigenvalue weighted by Gasteiger charge is -2.18. The Hall–Kier alpha value is -2.26. The molecule has 2 aromatic carbocycles. The number of thioether (sulfide) groups is 2. The van der Waals surface area contributed by atoms with Crippen LogP contribution < -0.4 is 4.74 Å². The number of carboxylic acids is 1. The number of hydrogen-bond donors (Lipinski definition) is 3. The van der Waals surface area contributed by atoms with Crippen LogP contribution in [0.4, 0.5) is 0 Å². The van der Waals surface area contributed by atoms with Crippen molar-refractivity contribution in [3.8, 4) is 5.75 Å². The smallest absolute Gasteiger partial charge is 0.313 e. The maximum atomic E-state index is 12.4. The van der Waals surface area contributed by atoms with Crippen LogP contribution in [0, 0.1) is 5.92 Å². The lowest BCUT2D eigenvalue weighted by molar-refractivity contribution is -0.133. The highest BCUT2D eigenvalue weighted by Crippen LogP contribution is 2.34. The van der Waals surface area contributed by atoms with Gasteiger partial charge in [-0.2, -0.15) is 11.8 Å². The largest absolute Gasteiger partial charge is 0.489 e. The molecule has 1 saturated carbocycles. The predicted octanol–water partition coefficient (Wildman–Crippen LogP) is 3.98. The molecule has 0 aliphatic heterocycles. The molecule has 0 heterocycles. The second-order valence-corrected chi connectivity index (χ2v) is 10.8. The Morgan fingerprint density at radius 3 is 2.66 bits per heavy atom. The number of rotatable bonds is 14. The van der Waals surface area contributed by atoms with Crippen molar-refractivity contribution in [2.75, 3.05) is 17.3 Å². The molecule has 2 aromatic rings. The SMILES string of the molecule is O=C(O)CSCCCSC1C(=O)CC(O)[C@@H]1C=CC(O)Cc1cccc(COc2ccccc2)c1. The summed E-state index contributed by atoms with van der Waals surface area (Å²) in [7, 11) is 0. The molecule has 3 N–H and O–H groups in total. The number of carbonyl (C=O) groups excluding carboxylic acids is 1. The van der Waals surface area contributed by atoms with Gasteiger partial charge in [-0.15, -0.1) is 11.8 Å². The van der Waals surface area contributed by atoms with Crippen molar-refractivity contribution in [2.45, 2.75) is 43.3 Å². The molecule has 35 heavy (non-hydrogen) atoms. The summed E-state index contributed by atoms with van der Waals surface area (Å²) in [4.78, 5) is 22.9. The summed E-state index contributed by atoms with van der Waals surface area (Å²) in [6.45, 7) is 0.438. The molecular weight excluding hydrogens is 484 g/mol. The first kappa shape index (κ1) is 27.3. The van der Waals surface area contributed by atoms with Gasteiger partial charge in [0.25, 0.3) is 0 Å². The van der Waals surface area contributed by atoms with E-state index in [2.05, 4.69) is 0 Å². The van der Waals surface area contributed by atoms with Gasteiger partial charge in [-0.3, -0.25) is 9.59 Å². The molecule has 1 aliphatic carbocycles. The Morgan fingerprint density at radius 2 is 1.89 bits per heavy atom. The van der Waals surface area contributed by atoms with Gasteiger partial charge in [-0.25, -0.2) is 0 Å². The van der Waals surface area contributed by atoms with Crippen molar-refractivity contribution in [1.29, 1.82) is 0 Å². The third-order valence-corrected chi connectivity index (χ3v) is 8.11. The highest BCUT2D eigenvalue weighted by atomic mass is 32.2. The van der Waals surface area contributed by atoms with Gasteiger partial charge < -0.3 is 20.1 Å². The third kappa shape index (κ3) is 9.37. The summed E-state index contributed by atoms with van der Waals surface area (Å²) >= 11 is 2.87. The standard InChI is InChI=1S/C27H32O6S2/c28-21(15-19-6-4-7-20(14-19)17-33-22-8-2-1-3-9-22)10-11-23-24(29)16-25(30)27(23)35-13-5-12-34-18-26(31)32/h1-4,6-11,14,21,23-24,27-29H,5,12-13,15-18H2,(H,31,32)/t21?,23-,24?,27?/m0/s1. The Bertz CT molecular complexity index is 981. The minimum atomic E-state index is -0.826. The Kier molecular flexibility index (Phi) is 11.2. The van der Waals surface area contributed by atoms with E-state index in [1.807, 2.05) is 54.6 Å². The Labute approximate surface area is 214 Å². The molecule has 1 fully saturated rings. The highest BCUT2D eigenvalue weighted by molar-refractivity contribution is 8.01. The molecule has 0 amide bonds. The zero-order valence-corrected chi connectivity index (χ0v) is 21.1. The predicted molar refractivity (Wildman–Crippen MR) is 141 cm³/mol. The average Bonchev–Trinajstić information content (AvgIpc) is 3.11. The first-order chi connectivity index (χ1) is 16.9. The van der Waals surface area contributed by atoms with Gasteiger partial charge in [0, 0.05) is 18.8 Å². The third-order valence-electron chi connectivity index (χ3n) is 5.62. The van der Waals surface area contributed by atoms with E-state index in [-0.39, 0.29) is 29.1 Å². The Morgan fingerprint density at radius 1 is 1.11 bits per heavy atom. The number of aliphatic carboxylic acids is 1. The summed E-state index contributed by atoms with van der Waals surface area (Å²) in [5.74, 6) is 1.19.